The van der Waals surface area contributed by atoms with Crippen molar-refractivity contribution in [3.8, 4) is 11.1 Å². The summed E-state index contributed by atoms with van der Waals surface area (Å²) in [6.45, 7) is 1.64. The molecular formula is C26H22N2O4. The van der Waals surface area contributed by atoms with Crippen molar-refractivity contribution in [2.24, 2.45) is 0 Å². The number of rotatable bonds is 4. The molecule has 0 bridgehead atoms. The highest BCUT2D eigenvalue weighted by Crippen LogP contribution is 2.39. The molecule has 2 N–H and O–H groups in total. The lowest BCUT2D eigenvalue weighted by molar-refractivity contribution is -0.143. The molecule has 0 radical (unpaired) electrons. The van der Waals surface area contributed by atoms with Crippen LogP contribution >= 0.6 is 0 Å². The number of hydrogen-bond donors (Lipinski definition) is 2. The number of fused-ring (bicyclic) bond motifs is 4. The molecule has 0 fully saturated rings. The van der Waals surface area contributed by atoms with Gasteiger partial charge in [0, 0.05) is 28.8 Å². The lowest BCUT2D eigenvalue weighted by atomic mass is 9.95. The number of hydrogen-bond acceptors (Lipinski definition) is 5. The second-order valence-corrected chi connectivity index (χ2v) is 7.99. The predicted molar refractivity (Wildman–Crippen MR) is 119 cm³/mol. The van der Waals surface area contributed by atoms with Gasteiger partial charge in [0.15, 0.2) is 11.8 Å². The number of ketones is 1. The Balaban J connectivity index is 1.52. The van der Waals surface area contributed by atoms with E-state index in [1.54, 1.807) is 30.3 Å². The number of carbonyl (C=O) groups excluding carboxylic acids is 3. The van der Waals surface area contributed by atoms with Crippen LogP contribution in [0.2, 0.25) is 0 Å². The van der Waals surface area contributed by atoms with Crippen molar-refractivity contribution in [3.05, 3.63) is 94.0 Å². The Morgan fingerprint density at radius 2 is 1.75 bits per heavy atom. The maximum atomic E-state index is 13.4. The highest BCUT2D eigenvalue weighted by molar-refractivity contribution is 6.24. The number of benzene rings is 3. The predicted octanol–water partition coefficient (Wildman–Crippen LogP) is 3.19. The van der Waals surface area contributed by atoms with Gasteiger partial charge in [0.2, 0.25) is 0 Å². The first-order chi connectivity index (χ1) is 15.6. The Morgan fingerprint density at radius 1 is 0.969 bits per heavy atom. The van der Waals surface area contributed by atoms with Gasteiger partial charge in [-0.25, -0.2) is 4.79 Å². The third-order valence-corrected chi connectivity index (χ3v) is 6.16. The van der Waals surface area contributed by atoms with Gasteiger partial charge in [-0.1, -0.05) is 54.6 Å². The van der Waals surface area contributed by atoms with Gasteiger partial charge < -0.3 is 15.4 Å². The minimum absolute atomic E-state index is 0.100. The van der Waals surface area contributed by atoms with E-state index in [0.717, 1.165) is 30.6 Å². The monoisotopic (exact) mass is 426 g/mol. The number of carbonyl (C=O) groups is 3. The highest BCUT2D eigenvalue weighted by atomic mass is 16.5. The zero-order chi connectivity index (χ0) is 22.2. The second kappa shape index (κ2) is 8.05. The summed E-state index contributed by atoms with van der Waals surface area (Å²) >= 11 is 0. The number of methoxy groups -OCH3 is 1. The Morgan fingerprint density at radius 3 is 2.56 bits per heavy atom. The second-order valence-electron chi connectivity index (χ2n) is 7.99. The van der Waals surface area contributed by atoms with Crippen LogP contribution in [0.25, 0.3) is 11.1 Å². The number of ether oxygens (including phenoxy) is 1. The summed E-state index contributed by atoms with van der Waals surface area (Å²) in [6, 6.07) is 17.2. The number of amides is 1. The molecule has 2 aliphatic rings. The van der Waals surface area contributed by atoms with Gasteiger partial charge in [-0.3, -0.25) is 9.59 Å². The van der Waals surface area contributed by atoms with E-state index in [1.165, 1.54) is 12.7 Å². The minimum Gasteiger partial charge on any atom is -0.467 e. The average Bonchev–Trinajstić information content (AvgIpc) is 3.14. The van der Waals surface area contributed by atoms with Crippen molar-refractivity contribution in [2.75, 3.05) is 13.7 Å². The van der Waals surface area contributed by atoms with Crippen molar-refractivity contribution in [2.45, 2.75) is 19.0 Å². The first kappa shape index (κ1) is 20.2. The van der Waals surface area contributed by atoms with E-state index < -0.39 is 17.9 Å². The molecule has 1 amide bonds. The van der Waals surface area contributed by atoms with E-state index in [4.69, 9.17) is 4.74 Å². The molecule has 0 saturated heterocycles. The fraction of sp³-hybridized carbons (Fsp3) is 0.192. The van der Waals surface area contributed by atoms with Gasteiger partial charge in [0.25, 0.3) is 5.91 Å². The van der Waals surface area contributed by atoms with Gasteiger partial charge in [0.1, 0.15) is 0 Å². The van der Waals surface area contributed by atoms with E-state index in [1.807, 2.05) is 30.3 Å². The van der Waals surface area contributed by atoms with E-state index >= 15 is 0 Å². The van der Waals surface area contributed by atoms with Crippen LogP contribution in [0.3, 0.4) is 0 Å². The summed E-state index contributed by atoms with van der Waals surface area (Å²) < 4.78 is 4.99. The fourth-order valence-corrected chi connectivity index (χ4v) is 4.55. The molecule has 3 aromatic rings. The van der Waals surface area contributed by atoms with Gasteiger partial charge in [-0.05, 0) is 41.3 Å². The third kappa shape index (κ3) is 3.29. The lowest BCUT2D eigenvalue weighted by Gasteiger charge is -2.22. The molecule has 5 rings (SSSR count). The van der Waals surface area contributed by atoms with Gasteiger partial charge in [0.05, 0.1) is 7.11 Å². The highest BCUT2D eigenvalue weighted by Gasteiger charge is 2.32. The van der Waals surface area contributed by atoms with E-state index in [0.29, 0.717) is 27.8 Å². The van der Waals surface area contributed by atoms with Crippen LogP contribution in [0.5, 0.6) is 0 Å². The summed E-state index contributed by atoms with van der Waals surface area (Å²) in [7, 11) is 1.30. The van der Waals surface area contributed by atoms with Crippen LogP contribution in [-0.2, 0) is 22.5 Å². The molecule has 3 aromatic carbocycles. The topological polar surface area (TPSA) is 84.5 Å². The van der Waals surface area contributed by atoms with Crippen LogP contribution in [0.4, 0.5) is 0 Å². The van der Waals surface area contributed by atoms with E-state index in [9.17, 15) is 14.4 Å². The molecule has 32 heavy (non-hydrogen) atoms. The summed E-state index contributed by atoms with van der Waals surface area (Å²) in [6.07, 6.45) is 0.925. The molecular weight excluding hydrogens is 404 g/mol. The van der Waals surface area contributed by atoms with Crippen molar-refractivity contribution in [3.63, 3.8) is 0 Å². The average molecular weight is 426 g/mol. The molecule has 6 nitrogen and oxygen atoms in total. The zero-order valence-corrected chi connectivity index (χ0v) is 17.6. The molecule has 1 unspecified atom stereocenters. The Hall–Kier alpha value is -3.77. The van der Waals surface area contributed by atoms with Crippen LogP contribution < -0.4 is 10.6 Å². The first-order valence-corrected chi connectivity index (χ1v) is 10.6. The van der Waals surface area contributed by atoms with Crippen molar-refractivity contribution < 1.29 is 19.1 Å². The molecule has 1 aliphatic heterocycles. The molecule has 1 atom stereocenters. The van der Waals surface area contributed by atoms with Crippen LogP contribution in [0, 0.1) is 0 Å². The van der Waals surface area contributed by atoms with Crippen LogP contribution in [0.1, 0.15) is 49.0 Å². The molecule has 6 heteroatoms. The summed E-state index contributed by atoms with van der Waals surface area (Å²) in [4.78, 5) is 38.8. The zero-order valence-electron chi connectivity index (χ0n) is 17.6. The van der Waals surface area contributed by atoms with Crippen molar-refractivity contribution >= 4 is 17.7 Å². The molecule has 160 valence electrons. The van der Waals surface area contributed by atoms with Gasteiger partial charge in [-0.15, -0.1) is 0 Å². The number of nitrogens with one attached hydrogen (secondary N) is 2. The Kier molecular flexibility index (Phi) is 5.07. The molecule has 0 spiro atoms. The quantitative estimate of drug-likeness (QED) is 0.490. The first-order valence-electron chi connectivity index (χ1n) is 10.6. The standard InChI is InChI=1S/C26H22N2O4/c1-32-26(31)23(16-10-9-15-11-12-27-14-17(15)13-16)28-25(30)21-8-4-7-20-22(21)18-5-2-3-6-19(18)24(20)29/h2-10,13,23,27H,11-12,14H2,1H3,(H,28,30). The van der Waals surface area contributed by atoms with Crippen molar-refractivity contribution in [1.82, 2.24) is 10.6 Å². The minimum atomic E-state index is -0.956. The van der Waals surface area contributed by atoms with E-state index in [2.05, 4.69) is 10.6 Å². The maximum absolute atomic E-state index is 13.4. The maximum Gasteiger partial charge on any atom is 0.333 e. The number of esters is 1. The molecule has 0 saturated carbocycles. The molecule has 0 aromatic heterocycles. The summed E-state index contributed by atoms with van der Waals surface area (Å²) in [5.41, 5.74) is 5.76. The Bertz CT molecular complexity index is 1260. The van der Waals surface area contributed by atoms with Crippen molar-refractivity contribution in [1.29, 1.82) is 0 Å². The normalized spacial score (nSPS) is 14.7. The third-order valence-electron chi connectivity index (χ3n) is 6.16. The largest absolute Gasteiger partial charge is 0.467 e. The summed E-state index contributed by atoms with van der Waals surface area (Å²) in [5, 5.41) is 6.16. The lowest BCUT2D eigenvalue weighted by Crippen LogP contribution is -2.35. The molecule has 1 heterocycles. The van der Waals surface area contributed by atoms with Gasteiger partial charge >= 0.3 is 5.97 Å². The fourth-order valence-electron chi connectivity index (χ4n) is 4.55. The smallest absolute Gasteiger partial charge is 0.333 e. The van der Waals surface area contributed by atoms with Gasteiger partial charge in [-0.2, -0.15) is 0 Å². The van der Waals surface area contributed by atoms with Crippen LogP contribution in [0.15, 0.2) is 60.7 Å². The molecule has 1 aliphatic carbocycles. The SMILES string of the molecule is COC(=O)C(NC(=O)c1cccc2c1-c1ccccc1C2=O)c1ccc2c(c1)CNCC2. The summed E-state index contributed by atoms with van der Waals surface area (Å²) in [5.74, 6) is -1.08. The van der Waals surface area contributed by atoms with Crippen LogP contribution in [-0.4, -0.2) is 31.3 Å². The Labute approximate surface area is 185 Å². The van der Waals surface area contributed by atoms with E-state index in [-0.39, 0.29) is 5.78 Å².